The van der Waals surface area contributed by atoms with Crippen LogP contribution < -0.4 is 10.6 Å². The van der Waals surface area contributed by atoms with Crippen molar-refractivity contribution in [3.05, 3.63) is 29.6 Å². The number of rotatable bonds is 4. The molecule has 2 N–H and O–H groups in total. The Morgan fingerprint density at radius 3 is 2.95 bits per heavy atom. The first kappa shape index (κ1) is 13.9. The van der Waals surface area contributed by atoms with Crippen molar-refractivity contribution >= 4 is 17.7 Å². The molecule has 1 fully saturated rings. The van der Waals surface area contributed by atoms with Crippen molar-refractivity contribution in [2.75, 3.05) is 5.75 Å². The minimum Gasteiger partial charge on any atom is -0.352 e. The fraction of sp³-hybridized carbons (Fsp3) is 0.533. The van der Waals surface area contributed by atoms with E-state index >= 15 is 0 Å². The smallest absolute Gasteiger partial charge is 0.237 e. The Kier molecular flexibility index (Phi) is 3.98. The van der Waals surface area contributed by atoms with Gasteiger partial charge in [0.1, 0.15) is 5.82 Å². The fourth-order valence-corrected chi connectivity index (χ4v) is 3.63. The van der Waals surface area contributed by atoms with Crippen LogP contribution in [0, 0.1) is 5.82 Å². The third-order valence-electron chi connectivity index (χ3n) is 3.79. The van der Waals surface area contributed by atoms with Crippen molar-refractivity contribution in [1.29, 1.82) is 0 Å². The lowest BCUT2D eigenvalue weighted by Crippen LogP contribution is -2.45. The van der Waals surface area contributed by atoms with E-state index in [4.69, 9.17) is 0 Å². The summed E-state index contributed by atoms with van der Waals surface area (Å²) in [6, 6.07) is 5.37. The van der Waals surface area contributed by atoms with Crippen LogP contribution in [0.15, 0.2) is 23.1 Å². The number of amides is 1. The highest BCUT2D eigenvalue weighted by atomic mass is 32.2. The lowest BCUT2D eigenvalue weighted by molar-refractivity contribution is -0.123. The summed E-state index contributed by atoms with van der Waals surface area (Å²) in [4.78, 5) is 12.7. The molecule has 1 heterocycles. The summed E-state index contributed by atoms with van der Waals surface area (Å²) < 4.78 is 13.8. The summed E-state index contributed by atoms with van der Waals surface area (Å²) in [5.41, 5.74) is 0.979. The molecule has 2 atom stereocenters. The van der Waals surface area contributed by atoms with Crippen LogP contribution in [0.4, 0.5) is 4.39 Å². The summed E-state index contributed by atoms with van der Waals surface area (Å²) in [6.45, 7) is 1.87. The van der Waals surface area contributed by atoms with Crippen LogP contribution >= 0.6 is 11.8 Å². The third kappa shape index (κ3) is 2.99. The second-order valence-corrected chi connectivity index (χ2v) is 6.62. The molecule has 1 aliphatic carbocycles. The number of hydrogen-bond acceptors (Lipinski definition) is 3. The molecule has 0 spiro atoms. The lowest BCUT2D eigenvalue weighted by atomic mass is 10.0. The first-order valence-corrected chi connectivity index (χ1v) is 8.11. The largest absolute Gasteiger partial charge is 0.352 e. The Bertz CT molecular complexity index is 519. The molecular formula is C15H19FN2OS. The van der Waals surface area contributed by atoms with Gasteiger partial charge >= 0.3 is 0 Å². The zero-order valence-electron chi connectivity index (χ0n) is 11.5. The maximum absolute atomic E-state index is 13.8. The summed E-state index contributed by atoms with van der Waals surface area (Å²) in [6.07, 6.45) is 3.10. The van der Waals surface area contributed by atoms with Gasteiger partial charge in [0.2, 0.25) is 5.91 Å². The average molecular weight is 294 g/mol. The first-order valence-electron chi connectivity index (χ1n) is 7.13. The maximum Gasteiger partial charge on any atom is 0.237 e. The highest BCUT2D eigenvalue weighted by Crippen LogP contribution is 2.37. The average Bonchev–Trinajstić information content (AvgIpc) is 3.24. The molecule has 0 radical (unpaired) electrons. The fourth-order valence-electron chi connectivity index (χ4n) is 2.49. The van der Waals surface area contributed by atoms with Crippen molar-refractivity contribution in [3.8, 4) is 0 Å². The summed E-state index contributed by atoms with van der Waals surface area (Å²) >= 11 is 1.56. The van der Waals surface area contributed by atoms with Gasteiger partial charge in [-0.25, -0.2) is 4.39 Å². The predicted octanol–water partition coefficient (Wildman–Crippen LogP) is 2.62. The van der Waals surface area contributed by atoms with Crippen LogP contribution in [-0.4, -0.2) is 23.7 Å². The molecule has 0 bridgehead atoms. The van der Waals surface area contributed by atoms with Crippen LogP contribution in [0.1, 0.15) is 37.8 Å². The number of carbonyl (C=O) groups excluding carboxylic acids is 1. The summed E-state index contributed by atoms with van der Waals surface area (Å²) in [5.74, 6) is 0.764. The number of nitrogens with one attached hydrogen (secondary N) is 2. The van der Waals surface area contributed by atoms with Gasteiger partial charge in [0.15, 0.2) is 0 Å². The van der Waals surface area contributed by atoms with E-state index in [1.54, 1.807) is 17.8 Å². The van der Waals surface area contributed by atoms with Gasteiger partial charge in [-0.3, -0.25) is 10.1 Å². The normalized spacial score (nSPS) is 23.0. The molecule has 108 valence electrons. The van der Waals surface area contributed by atoms with Crippen molar-refractivity contribution < 1.29 is 9.18 Å². The highest BCUT2D eigenvalue weighted by molar-refractivity contribution is 7.99. The van der Waals surface area contributed by atoms with Gasteiger partial charge in [0.25, 0.3) is 0 Å². The molecule has 20 heavy (non-hydrogen) atoms. The Balaban J connectivity index is 1.69. The van der Waals surface area contributed by atoms with Gasteiger partial charge in [-0.15, -0.1) is 11.8 Å². The monoisotopic (exact) mass is 294 g/mol. The van der Waals surface area contributed by atoms with Gasteiger partial charge < -0.3 is 5.32 Å². The van der Waals surface area contributed by atoms with Gasteiger partial charge in [-0.05, 0) is 43.6 Å². The third-order valence-corrected chi connectivity index (χ3v) is 4.95. The molecule has 1 aromatic carbocycles. The molecule has 0 saturated heterocycles. The summed E-state index contributed by atoms with van der Waals surface area (Å²) in [5, 5.41) is 6.34. The van der Waals surface area contributed by atoms with E-state index in [9.17, 15) is 9.18 Å². The van der Waals surface area contributed by atoms with Gasteiger partial charge in [-0.2, -0.15) is 0 Å². The highest BCUT2D eigenvalue weighted by Gasteiger charge is 2.29. The van der Waals surface area contributed by atoms with E-state index in [2.05, 4.69) is 10.6 Å². The van der Waals surface area contributed by atoms with E-state index in [-0.39, 0.29) is 23.8 Å². The van der Waals surface area contributed by atoms with E-state index in [0.717, 1.165) is 35.5 Å². The molecule has 5 heteroatoms. The number of fused-ring (bicyclic) bond motifs is 1. The quantitative estimate of drug-likeness (QED) is 0.897. The molecule has 3 nitrogen and oxygen atoms in total. The number of carbonyl (C=O) groups is 1. The van der Waals surface area contributed by atoms with E-state index < -0.39 is 0 Å². The second-order valence-electron chi connectivity index (χ2n) is 5.52. The number of thioether (sulfide) groups is 1. The molecule has 1 aliphatic heterocycles. The minimum absolute atomic E-state index is 0.0451. The van der Waals surface area contributed by atoms with Crippen LogP contribution in [0.25, 0.3) is 0 Å². The first-order chi connectivity index (χ1) is 9.65. The van der Waals surface area contributed by atoms with Crippen molar-refractivity contribution in [3.63, 3.8) is 0 Å². The topological polar surface area (TPSA) is 41.1 Å². The molecule has 3 rings (SSSR count). The van der Waals surface area contributed by atoms with Crippen LogP contribution in [-0.2, 0) is 4.79 Å². The SMILES string of the molecule is CC(NC1CCSc2c(F)cccc21)C(=O)NC1CC1. The minimum atomic E-state index is -0.250. The van der Waals surface area contributed by atoms with Gasteiger partial charge in [-0.1, -0.05) is 12.1 Å². The van der Waals surface area contributed by atoms with Crippen LogP contribution in [0.2, 0.25) is 0 Å². The molecule has 2 aliphatic rings. The molecule has 0 aromatic heterocycles. The number of benzene rings is 1. The number of halogens is 1. The standard InChI is InChI=1S/C15H19FN2OS/c1-9(15(19)18-10-5-6-10)17-13-7-8-20-14-11(13)3-2-4-12(14)16/h2-4,9-10,13,17H,5-8H2,1H3,(H,18,19). The van der Waals surface area contributed by atoms with Crippen molar-refractivity contribution in [2.24, 2.45) is 0 Å². The molecular weight excluding hydrogens is 275 g/mol. The molecule has 1 aromatic rings. The van der Waals surface area contributed by atoms with E-state index in [0.29, 0.717) is 6.04 Å². The predicted molar refractivity (Wildman–Crippen MR) is 78.2 cm³/mol. The summed E-state index contributed by atoms with van der Waals surface area (Å²) in [7, 11) is 0. The van der Waals surface area contributed by atoms with Gasteiger partial charge in [0.05, 0.1) is 6.04 Å². The second kappa shape index (κ2) is 5.74. The van der Waals surface area contributed by atoms with E-state index in [1.807, 2.05) is 13.0 Å². The van der Waals surface area contributed by atoms with Gasteiger partial charge in [0, 0.05) is 17.0 Å². The van der Waals surface area contributed by atoms with E-state index in [1.165, 1.54) is 6.07 Å². The molecule has 1 amide bonds. The number of hydrogen-bond donors (Lipinski definition) is 2. The lowest BCUT2D eigenvalue weighted by Gasteiger charge is -2.28. The zero-order valence-corrected chi connectivity index (χ0v) is 12.3. The Morgan fingerprint density at radius 2 is 2.20 bits per heavy atom. The Morgan fingerprint density at radius 1 is 1.40 bits per heavy atom. The molecule has 2 unspecified atom stereocenters. The zero-order chi connectivity index (χ0) is 14.1. The van der Waals surface area contributed by atoms with Crippen molar-refractivity contribution in [1.82, 2.24) is 10.6 Å². The molecule has 1 saturated carbocycles. The van der Waals surface area contributed by atoms with Crippen LogP contribution in [0.5, 0.6) is 0 Å². The van der Waals surface area contributed by atoms with Crippen LogP contribution in [0.3, 0.4) is 0 Å². The Hall–Kier alpha value is -1.07. The maximum atomic E-state index is 13.8. The van der Waals surface area contributed by atoms with Crippen molar-refractivity contribution in [2.45, 2.75) is 49.2 Å². The Labute approximate surface area is 122 Å².